The lowest BCUT2D eigenvalue weighted by Gasteiger charge is -2.16. The van der Waals surface area contributed by atoms with Crippen LogP contribution in [0.4, 0.5) is 0 Å². The first-order chi connectivity index (χ1) is 9.02. The average molecular weight is 348 g/mol. The SMILES string of the molecule is COC(=O)CCN(C)C(=O)CCCc1ccc(Br)s1. The average Bonchev–Trinajstić information content (AvgIpc) is 2.81. The Bertz CT molecular complexity index is 433. The Morgan fingerprint density at radius 3 is 2.68 bits per heavy atom. The Labute approximate surface area is 125 Å². The topological polar surface area (TPSA) is 46.6 Å². The Hall–Kier alpha value is -0.880. The summed E-state index contributed by atoms with van der Waals surface area (Å²) in [5.41, 5.74) is 0. The minimum atomic E-state index is -0.289. The first-order valence-electron chi connectivity index (χ1n) is 6.08. The predicted octanol–water partition coefficient (Wildman–Crippen LogP) is 2.85. The number of esters is 1. The van der Waals surface area contributed by atoms with Gasteiger partial charge in [0.2, 0.25) is 5.91 Å². The molecule has 4 nitrogen and oxygen atoms in total. The predicted molar refractivity (Wildman–Crippen MR) is 79.2 cm³/mol. The van der Waals surface area contributed by atoms with Crippen molar-refractivity contribution < 1.29 is 14.3 Å². The molecule has 0 aliphatic carbocycles. The fourth-order valence-electron chi connectivity index (χ4n) is 1.58. The summed E-state index contributed by atoms with van der Waals surface area (Å²) in [6.07, 6.45) is 2.49. The van der Waals surface area contributed by atoms with E-state index in [0.717, 1.165) is 16.6 Å². The monoisotopic (exact) mass is 347 g/mol. The lowest BCUT2D eigenvalue weighted by atomic mass is 10.2. The Balaban J connectivity index is 2.21. The molecule has 1 amide bonds. The Morgan fingerprint density at radius 2 is 2.11 bits per heavy atom. The molecular weight excluding hydrogens is 330 g/mol. The molecule has 0 bridgehead atoms. The molecule has 19 heavy (non-hydrogen) atoms. The third-order valence-electron chi connectivity index (χ3n) is 2.75. The summed E-state index contributed by atoms with van der Waals surface area (Å²) in [5.74, 6) is -0.220. The van der Waals surface area contributed by atoms with E-state index in [1.165, 1.54) is 12.0 Å². The number of hydrogen-bond donors (Lipinski definition) is 0. The van der Waals surface area contributed by atoms with Crippen molar-refractivity contribution in [2.45, 2.75) is 25.7 Å². The Morgan fingerprint density at radius 1 is 1.37 bits per heavy atom. The van der Waals surface area contributed by atoms with Gasteiger partial charge in [-0.3, -0.25) is 9.59 Å². The summed E-state index contributed by atoms with van der Waals surface area (Å²) in [7, 11) is 3.07. The van der Waals surface area contributed by atoms with E-state index < -0.39 is 0 Å². The highest BCUT2D eigenvalue weighted by molar-refractivity contribution is 9.11. The van der Waals surface area contributed by atoms with Gasteiger partial charge in [-0.1, -0.05) is 0 Å². The molecule has 0 radical (unpaired) electrons. The zero-order chi connectivity index (χ0) is 14.3. The summed E-state index contributed by atoms with van der Waals surface area (Å²) in [5, 5.41) is 0. The van der Waals surface area contributed by atoms with Crippen LogP contribution >= 0.6 is 27.3 Å². The maximum Gasteiger partial charge on any atom is 0.307 e. The van der Waals surface area contributed by atoms with Crippen LogP contribution in [0.15, 0.2) is 15.9 Å². The normalized spacial score (nSPS) is 10.3. The molecule has 106 valence electrons. The van der Waals surface area contributed by atoms with Crippen molar-refractivity contribution in [2.75, 3.05) is 20.7 Å². The van der Waals surface area contributed by atoms with Crippen molar-refractivity contribution in [3.8, 4) is 0 Å². The van der Waals surface area contributed by atoms with E-state index >= 15 is 0 Å². The molecular formula is C13H18BrNO3S. The van der Waals surface area contributed by atoms with E-state index in [0.29, 0.717) is 13.0 Å². The summed E-state index contributed by atoms with van der Waals surface area (Å²) in [6, 6.07) is 4.09. The van der Waals surface area contributed by atoms with Crippen LogP contribution in [-0.4, -0.2) is 37.5 Å². The summed E-state index contributed by atoms with van der Waals surface area (Å²) < 4.78 is 5.66. The lowest BCUT2D eigenvalue weighted by Crippen LogP contribution is -2.29. The largest absolute Gasteiger partial charge is 0.469 e. The van der Waals surface area contributed by atoms with E-state index in [2.05, 4.69) is 26.7 Å². The molecule has 0 saturated carbocycles. The van der Waals surface area contributed by atoms with Gasteiger partial charge in [0.1, 0.15) is 0 Å². The first-order valence-corrected chi connectivity index (χ1v) is 7.69. The van der Waals surface area contributed by atoms with Gasteiger partial charge < -0.3 is 9.64 Å². The van der Waals surface area contributed by atoms with E-state index in [4.69, 9.17) is 0 Å². The molecule has 0 fully saturated rings. The van der Waals surface area contributed by atoms with Gasteiger partial charge in [0.15, 0.2) is 0 Å². The number of aryl methyl sites for hydroxylation is 1. The summed E-state index contributed by atoms with van der Waals surface area (Å²) in [6.45, 7) is 0.413. The third-order valence-corrected chi connectivity index (χ3v) is 4.43. The number of carbonyl (C=O) groups is 2. The van der Waals surface area contributed by atoms with Crippen LogP contribution in [0.3, 0.4) is 0 Å². The molecule has 1 aromatic heterocycles. The second-order valence-electron chi connectivity index (χ2n) is 4.20. The molecule has 1 aromatic rings. The van der Waals surface area contributed by atoms with E-state index in [-0.39, 0.29) is 18.3 Å². The summed E-state index contributed by atoms with van der Waals surface area (Å²) in [4.78, 5) is 25.6. The van der Waals surface area contributed by atoms with Crippen molar-refractivity contribution >= 4 is 39.1 Å². The fraction of sp³-hybridized carbons (Fsp3) is 0.538. The van der Waals surface area contributed by atoms with Crippen LogP contribution < -0.4 is 0 Å². The molecule has 0 unspecified atom stereocenters. The molecule has 0 aliphatic heterocycles. The minimum Gasteiger partial charge on any atom is -0.469 e. The Kier molecular flexibility index (Phi) is 7.09. The zero-order valence-electron chi connectivity index (χ0n) is 11.1. The standard InChI is InChI=1S/C13H18BrNO3S/c1-15(9-8-13(17)18-2)12(16)5-3-4-10-6-7-11(14)19-10/h6-7H,3-5,8-9H2,1-2H3. The molecule has 1 rings (SSSR count). The molecule has 0 aromatic carbocycles. The minimum absolute atomic E-state index is 0.0690. The van der Waals surface area contributed by atoms with Gasteiger partial charge in [0.05, 0.1) is 17.3 Å². The van der Waals surface area contributed by atoms with Gasteiger partial charge in [-0.15, -0.1) is 11.3 Å². The number of carbonyl (C=O) groups excluding carboxylic acids is 2. The van der Waals surface area contributed by atoms with Gasteiger partial charge in [-0.05, 0) is 40.9 Å². The molecule has 0 spiro atoms. The van der Waals surface area contributed by atoms with Gasteiger partial charge >= 0.3 is 5.97 Å². The zero-order valence-corrected chi connectivity index (χ0v) is 13.6. The van der Waals surface area contributed by atoms with E-state index in [9.17, 15) is 9.59 Å². The van der Waals surface area contributed by atoms with E-state index in [1.807, 2.05) is 6.07 Å². The number of rotatable bonds is 7. The number of hydrogen-bond acceptors (Lipinski definition) is 4. The number of amides is 1. The number of methoxy groups -OCH3 is 1. The molecule has 0 aliphatic rings. The maximum atomic E-state index is 11.8. The molecule has 1 heterocycles. The molecule has 0 atom stereocenters. The number of nitrogens with zero attached hydrogens (tertiary/aromatic N) is 1. The van der Waals surface area contributed by atoms with Crippen molar-refractivity contribution in [1.82, 2.24) is 4.90 Å². The molecule has 0 N–H and O–H groups in total. The smallest absolute Gasteiger partial charge is 0.307 e. The quantitative estimate of drug-likeness (QED) is 0.712. The van der Waals surface area contributed by atoms with Crippen molar-refractivity contribution in [2.24, 2.45) is 0 Å². The van der Waals surface area contributed by atoms with Crippen molar-refractivity contribution in [1.29, 1.82) is 0 Å². The van der Waals surface area contributed by atoms with Gasteiger partial charge in [0.25, 0.3) is 0 Å². The second-order valence-corrected chi connectivity index (χ2v) is 6.75. The van der Waals surface area contributed by atoms with Crippen LogP contribution in [0.1, 0.15) is 24.1 Å². The summed E-state index contributed by atoms with van der Waals surface area (Å²) >= 11 is 5.11. The number of halogens is 1. The maximum absolute atomic E-state index is 11.8. The van der Waals surface area contributed by atoms with Crippen LogP contribution in [0, 0.1) is 0 Å². The van der Waals surface area contributed by atoms with Crippen molar-refractivity contribution in [3.05, 3.63) is 20.8 Å². The third kappa shape index (κ3) is 6.20. The molecule has 6 heteroatoms. The second kappa shape index (κ2) is 8.32. The van der Waals surface area contributed by atoms with Crippen molar-refractivity contribution in [3.63, 3.8) is 0 Å². The lowest BCUT2D eigenvalue weighted by molar-refractivity contribution is -0.141. The van der Waals surface area contributed by atoms with E-state index in [1.54, 1.807) is 23.3 Å². The molecule has 0 saturated heterocycles. The van der Waals surface area contributed by atoms with Crippen LogP contribution in [-0.2, 0) is 20.7 Å². The number of thiophene rings is 1. The van der Waals surface area contributed by atoms with Crippen LogP contribution in [0.25, 0.3) is 0 Å². The van der Waals surface area contributed by atoms with Crippen LogP contribution in [0.5, 0.6) is 0 Å². The fourth-order valence-corrected chi connectivity index (χ4v) is 3.10. The van der Waals surface area contributed by atoms with Crippen LogP contribution in [0.2, 0.25) is 0 Å². The number of ether oxygens (including phenoxy) is 1. The van der Waals surface area contributed by atoms with Gasteiger partial charge in [-0.25, -0.2) is 0 Å². The highest BCUT2D eigenvalue weighted by atomic mass is 79.9. The van der Waals surface area contributed by atoms with Gasteiger partial charge in [0, 0.05) is 24.9 Å². The highest BCUT2D eigenvalue weighted by Gasteiger charge is 2.10. The van der Waals surface area contributed by atoms with Gasteiger partial charge in [-0.2, -0.15) is 0 Å². The first kappa shape index (κ1) is 16.2. The highest BCUT2D eigenvalue weighted by Crippen LogP contribution is 2.23.